The van der Waals surface area contributed by atoms with E-state index in [1.54, 1.807) is 0 Å². The van der Waals surface area contributed by atoms with Crippen molar-refractivity contribution in [3.05, 3.63) is 90.3 Å². The predicted molar refractivity (Wildman–Crippen MR) is 113 cm³/mol. The molecular formula is C23H23NO2S. The molecule has 0 bridgehead atoms. The molecular weight excluding hydrogens is 354 g/mol. The number of aromatic nitrogens is 1. The van der Waals surface area contributed by atoms with E-state index in [2.05, 4.69) is 25.8 Å². The lowest BCUT2D eigenvalue weighted by molar-refractivity contribution is 0.106. The zero-order chi connectivity index (χ0) is 19.6. The van der Waals surface area contributed by atoms with E-state index in [0.29, 0.717) is 14.8 Å². The zero-order valence-corrected chi connectivity index (χ0v) is 16.8. The molecule has 0 amide bonds. The summed E-state index contributed by atoms with van der Waals surface area (Å²) in [7, 11) is 0. The Morgan fingerprint density at radius 1 is 1.07 bits per heavy atom. The summed E-state index contributed by atoms with van der Waals surface area (Å²) >= 11 is 1.29. The second-order valence-electron chi connectivity index (χ2n) is 7.68. The van der Waals surface area contributed by atoms with Crippen LogP contribution in [-0.4, -0.2) is 10.8 Å². The minimum absolute atomic E-state index is 0.0464. The Morgan fingerprint density at radius 3 is 2.41 bits per heavy atom. The third-order valence-corrected chi connectivity index (χ3v) is 5.28. The van der Waals surface area contributed by atoms with Crippen LogP contribution in [0.3, 0.4) is 0 Å². The summed E-state index contributed by atoms with van der Waals surface area (Å²) in [5.41, 5.74) is 3.77. The van der Waals surface area contributed by atoms with Crippen LogP contribution < -0.4 is 14.8 Å². The van der Waals surface area contributed by atoms with Gasteiger partial charge in [0.1, 0.15) is 0 Å². The molecule has 27 heavy (non-hydrogen) atoms. The number of Topliss-reactive ketones (excluding diaryl/α,β-unsaturated/α-hetero) is 1. The highest BCUT2D eigenvalue weighted by atomic mass is 32.1. The molecule has 138 valence electrons. The molecule has 0 spiro atoms. The average molecular weight is 378 g/mol. The number of benzene rings is 2. The van der Waals surface area contributed by atoms with Gasteiger partial charge in [-0.05, 0) is 29.5 Å². The zero-order valence-electron chi connectivity index (χ0n) is 16.0. The Labute approximate surface area is 162 Å². The molecule has 3 aromatic rings. The van der Waals surface area contributed by atoms with E-state index in [0.717, 1.165) is 11.1 Å². The van der Waals surface area contributed by atoms with Gasteiger partial charge in [0.2, 0.25) is 0 Å². The molecule has 0 aliphatic heterocycles. The van der Waals surface area contributed by atoms with E-state index in [1.807, 2.05) is 61.5 Å². The van der Waals surface area contributed by atoms with Gasteiger partial charge in [-0.15, -0.1) is 11.3 Å². The monoisotopic (exact) mass is 377 g/mol. The Morgan fingerprint density at radius 2 is 1.78 bits per heavy atom. The largest absolute Gasteiger partial charge is 0.313 e. The smallest absolute Gasteiger partial charge is 0.266 e. The van der Waals surface area contributed by atoms with E-state index >= 15 is 0 Å². The van der Waals surface area contributed by atoms with Crippen LogP contribution in [0.4, 0.5) is 0 Å². The first-order valence-electron chi connectivity index (χ1n) is 8.86. The third kappa shape index (κ3) is 4.72. The van der Waals surface area contributed by atoms with Gasteiger partial charge >= 0.3 is 0 Å². The fourth-order valence-corrected chi connectivity index (χ4v) is 3.66. The van der Waals surface area contributed by atoms with E-state index in [4.69, 9.17) is 0 Å². The van der Waals surface area contributed by atoms with Crippen molar-refractivity contribution in [2.24, 2.45) is 0 Å². The summed E-state index contributed by atoms with van der Waals surface area (Å²) in [5, 5.41) is 0. The molecule has 0 aliphatic rings. The molecule has 0 unspecified atom stereocenters. The number of nitrogens with one attached hydrogen (secondary N) is 1. The number of carbonyl (C=O) groups excluding carboxylic acids is 1. The van der Waals surface area contributed by atoms with Crippen molar-refractivity contribution in [3.8, 4) is 0 Å². The van der Waals surface area contributed by atoms with Crippen LogP contribution in [0.15, 0.2) is 53.3 Å². The van der Waals surface area contributed by atoms with Crippen LogP contribution >= 0.6 is 11.3 Å². The summed E-state index contributed by atoms with van der Waals surface area (Å²) < 4.78 is 1.14. The highest BCUT2D eigenvalue weighted by Crippen LogP contribution is 2.22. The number of hydrogen-bond donors (Lipinski definition) is 1. The van der Waals surface area contributed by atoms with Crippen molar-refractivity contribution in [2.45, 2.75) is 33.1 Å². The van der Waals surface area contributed by atoms with Crippen molar-refractivity contribution in [2.75, 3.05) is 0 Å². The maximum atomic E-state index is 12.5. The summed E-state index contributed by atoms with van der Waals surface area (Å²) in [6, 6.07) is 15.6. The summed E-state index contributed by atoms with van der Waals surface area (Å²) in [5.74, 6) is -0.116. The summed E-state index contributed by atoms with van der Waals surface area (Å²) in [6.07, 6.45) is 3.34. The SMILES string of the molecule is Cc1cccc(/C=c2\s/c(=C\C(=O)c3ccc(C(C)(C)C)cc3)[nH]c2=O)c1. The first-order chi connectivity index (χ1) is 12.7. The molecule has 0 radical (unpaired) electrons. The highest BCUT2D eigenvalue weighted by molar-refractivity contribution is 7.07. The average Bonchev–Trinajstić information content (AvgIpc) is 2.93. The van der Waals surface area contributed by atoms with Crippen LogP contribution in [0.1, 0.15) is 47.8 Å². The molecule has 0 saturated heterocycles. The maximum Gasteiger partial charge on any atom is 0.266 e. The van der Waals surface area contributed by atoms with Gasteiger partial charge in [-0.25, -0.2) is 0 Å². The Hall–Kier alpha value is -2.72. The van der Waals surface area contributed by atoms with Crippen molar-refractivity contribution in [1.29, 1.82) is 0 Å². The molecule has 2 aromatic carbocycles. The van der Waals surface area contributed by atoms with Gasteiger partial charge < -0.3 is 4.98 Å². The number of ketones is 1. The normalized spacial score (nSPS) is 13.2. The Bertz CT molecular complexity index is 1140. The lowest BCUT2D eigenvalue weighted by atomic mass is 9.86. The molecule has 3 rings (SSSR count). The minimum atomic E-state index is -0.177. The highest BCUT2D eigenvalue weighted by Gasteiger charge is 2.13. The fraction of sp³-hybridized carbons (Fsp3) is 0.217. The molecule has 4 heteroatoms. The van der Waals surface area contributed by atoms with E-state index < -0.39 is 0 Å². The second-order valence-corrected chi connectivity index (χ2v) is 8.76. The van der Waals surface area contributed by atoms with Crippen LogP contribution in [0.25, 0.3) is 12.2 Å². The first kappa shape index (κ1) is 19.1. The van der Waals surface area contributed by atoms with Gasteiger partial charge in [0.15, 0.2) is 5.78 Å². The molecule has 1 N–H and O–H groups in total. The molecule has 0 aliphatic carbocycles. The number of thiazole rings is 1. The molecule has 3 nitrogen and oxygen atoms in total. The number of aromatic amines is 1. The molecule has 0 saturated carbocycles. The quantitative estimate of drug-likeness (QED) is 0.710. The van der Waals surface area contributed by atoms with Crippen molar-refractivity contribution in [3.63, 3.8) is 0 Å². The van der Waals surface area contributed by atoms with Gasteiger partial charge in [0, 0.05) is 11.6 Å². The van der Waals surface area contributed by atoms with E-state index in [1.165, 1.54) is 23.0 Å². The van der Waals surface area contributed by atoms with Gasteiger partial charge in [0.05, 0.1) is 9.20 Å². The van der Waals surface area contributed by atoms with Crippen LogP contribution in [0.2, 0.25) is 0 Å². The topological polar surface area (TPSA) is 49.9 Å². The van der Waals surface area contributed by atoms with Crippen LogP contribution in [-0.2, 0) is 5.41 Å². The molecule has 1 aromatic heterocycles. The van der Waals surface area contributed by atoms with Crippen LogP contribution in [0.5, 0.6) is 0 Å². The van der Waals surface area contributed by atoms with Gasteiger partial charge in [-0.2, -0.15) is 0 Å². The van der Waals surface area contributed by atoms with Crippen molar-refractivity contribution >= 4 is 29.3 Å². The van der Waals surface area contributed by atoms with Crippen molar-refractivity contribution < 1.29 is 4.79 Å². The summed E-state index contributed by atoms with van der Waals surface area (Å²) in [4.78, 5) is 27.5. The molecule has 0 fully saturated rings. The fourth-order valence-electron chi connectivity index (χ4n) is 2.77. The Kier molecular flexibility index (Phi) is 5.29. The minimum Gasteiger partial charge on any atom is -0.313 e. The lowest BCUT2D eigenvalue weighted by Crippen LogP contribution is -2.20. The maximum absolute atomic E-state index is 12.5. The second kappa shape index (κ2) is 7.49. The molecule has 1 heterocycles. The van der Waals surface area contributed by atoms with Crippen molar-refractivity contribution in [1.82, 2.24) is 4.98 Å². The number of aryl methyl sites for hydroxylation is 1. The summed E-state index contributed by atoms with van der Waals surface area (Å²) in [6.45, 7) is 8.43. The van der Waals surface area contributed by atoms with Gasteiger partial charge in [0.25, 0.3) is 5.56 Å². The molecule has 0 atom stereocenters. The van der Waals surface area contributed by atoms with Crippen LogP contribution in [0, 0.1) is 6.92 Å². The predicted octanol–water partition coefficient (Wildman–Crippen LogP) is 3.53. The standard InChI is InChI=1S/C23H23NO2S/c1-15-6-5-7-16(12-15)13-20-22(26)24-21(27-20)14-19(25)17-8-10-18(11-9-17)23(2,3)4/h5-14H,1-4H3,(H,24,26)/b20-13-,21-14-. The number of hydrogen-bond acceptors (Lipinski definition) is 3. The number of carbonyl (C=O) groups is 1. The Balaban J connectivity index is 1.92. The van der Waals surface area contributed by atoms with Gasteiger partial charge in [-0.3, -0.25) is 9.59 Å². The lowest BCUT2D eigenvalue weighted by Gasteiger charge is -2.18. The third-order valence-electron chi connectivity index (χ3n) is 4.32. The number of H-pyrrole nitrogens is 1. The first-order valence-corrected chi connectivity index (χ1v) is 9.68. The van der Waals surface area contributed by atoms with E-state index in [-0.39, 0.29) is 16.8 Å². The van der Waals surface area contributed by atoms with Gasteiger partial charge in [-0.1, -0.05) is 74.9 Å². The van der Waals surface area contributed by atoms with E-state index in [9.17, 15) is 9.59 Å². The number of rotatable bonds is 3.